The molecule has 0 aromatic carbocycles. The van der Waals surface area contributed by atoms with Gasteiger partial charge in [-0.1, -0.05) is 0 Å². The van der Waals surface area contributed by atoms with E-state index in [1.807, 2.05) is 17.0 Å². The fourth-order valence-corrected chi connectivity index (χ4v) is 4.06. The van der Waals surface area contributed by atoms with Crippen molar-refractivity contribution in [3.8, 4) is 5.75 Å². The van der Waals surface area contributed by atoms with E-state index < -0.39 is 0 Å². The Kier molecular flexibility index (Phi) is 5.91. The van der Waals surface area contributed by atoms with Gasteiger partial charge < -0.3 is 14.7 Å². The number of amides is 1. The first-order chi connectivity index (χ1) is 12.1. The number of ether oxygens (including phenoxy) is 1. The number of aromatic nitrogens is 1. The van der Waals surface area contributed by atoms with Gasteiger partial charge in [-0.15, -0.1) is 0 Å². The van der Waals surface area contributed by atoms with Crippen LogP contribution >= 0.6 is 0 Å². The van der Waals surface area contributed by atoms with E-state index in [1.54, 1.807) is 13.3 Å². The number of likely N-dealkylation sites (tertiary alicyclic amines) is 2. The lowest BCUT2D eigenvalue weighted by molar-refractivity contribution is -0.139. The highest BCUT2D eigenvalue weighted by atomic mass is 16.5. The summed E-state index contributed by atoms with van der Waals surface area (Å²) >= 11 is 0. The summed E-state index contributed by atoms with van der Waals surface area (Å²) < 4.78 is 5.27. The van der Waals surface area contributed by atoms with Crippen LogP contribution in [0.1, 0.15) is 37.8 Å². The molecular formula is C19H29N3O3. The van der Waals surface area contributed by atoms with Crippen LogP contribution in [0.25, 0.3) is 0 Å². The minimum absolute atomic E-state index is 0.151. The molecule has 2 aliphatic rings. The van der Waals surface area contributed by atoms with Crippen molar-refractivity contribution in [3.63, 3.8) is 0 Å². The van der Waals surface area contributed by atoms with Crippen LogP contribution in [0.15, 0.2) is 18.3 Å². The number of hydrogen-bond acceptors (Lipinski definition) is 5. The van der Waals surface area contributed by atoms with Gasteiger partial charge in [0.05, 0.1) is 12.8 Å². The first kappa shape index (κ1) is 18.1. The van der Waals surface area contributed by atoms with Crippen LogP contribution in [0.5, 0.6) is 5.75 Å². The first-order valence-electron chi connectivity index (χ1n) is 9.24. The van der Waals surface area contributed by atoms with Gasteiger partial charge in [0.2, 0.25) is 5.91 Å². The lowest BCUT2D eigenvalue weighted by Gasteiger charge is -2.47. The molecule has 0 aliphatic carbocycles. The highest BCUT2D eigenvalue weighted by Gasteiger charge is 2.40. The molecule has 138 valence electrons. The van der Waals surface area contributed by atoms with Crippen molar-refractivity contribution < 1.29 is 14.6 Å². The molecule has 6 heteroatoms. The molecular weight excluding hydrogens is 318 g/mol. The van der Waals surface area contributed by atoms with Gasteiger partial charge in [0, 0.05) is 44.9 Å². The number of methoxy groups -OCH3 is 1. The lowest BCUT2D eigenvalue weighted by atomic mass is 9.72. The van der Waals surface area contributed by atoms with Crippen molar-refractivity contribution in [2.24, 2.45) is 5.41 Å². The molecule has 0 radical (unpaired) electrons. The molecule has 0 bridgehead atoms. The van der Waals surface area contributed by atoms with E-state index in [1.165, 1.54) is 0 Å². The highest BCUT2D eigenvalue weighted by molar-refractivity contribution is 5.77. The van der Waals surface area contributed by atoms with E-state index in [0.717, 1.165) is 56.9 Å². The molecule has 1 spiro atoms. The lowest BCUT2D eigenvalue weighted by Crippen LogP contribution is -2.51. The standard InChI is InChI=1S/C19H29N3O3/c1-25-17-4-8-20-16(13-17)14-21-10-6-19(7-11-21)5-3-18(24)22(15-19)9-2-12-23/h4,8,13,23H,2-3,5-7,9-12,14-15H2,1H3. The van der Waals surface area contributed by atoms with Crippen molar-refractivity contribution in [2.75, 3.05) is 39.9 Å². The van der Waals surface area contributed by atoms with E-state index in [9.17, 15) is 4.79 Å². The zero-order valence-corrected chi connectivity index (χ0v) is 15.1. The van der Waals surface area contributed by atoms with Gasteiger partial charge in [0.15, 0.2) is 0 Å². The number of carbonyl (C=O) groups is 1. The Bertz CT molecular complexity index is 585. The molecule has 2 aliphatic heterocycles. The molecule has 1 N–H and O–H groups in total. The molecule has 1 aromatic rings. The molecule has 2 saturated heterocycles. The van der Waals surface area contributed by atoms with Gasteiger partial charge >= 0.3 is 0 Å². The van der Waals surface area contributed by atoms with Gasteiger partial charge in [-0.3, -0.25) is 14.7 Å². The number of piperidine rings is 2. The van der Waals surface area contributed by atoms with E-state index in [-0.39, 0.29) is 17.9 Å². The Labute approximate surface area is 149 Å². The van der Waals surface area contributed by atoms with Gasteiger partial charge in [-0.2, -0.15) is 0 Å². The van der Waals surface area contributed by atoms with Crippen molar-refractivity contribution in [1.82, 2.24) is 14.8 Å². The smallest absolute Gasteiger partial charge is 0.222 e. The maximum atomic E-state index is 12.1. The largest absolute Gasteiger partial charge is 0.497 e. The third-order valence-electron chi connectivity index (χ3n) is 5.66. The third-order valence-corrected chi connectivity index (χ3v) is 5.66. The molecule has 6 nitrogen and oxygen atoms in total. The Hall–Kier alpha value is -1.66. The number of pyridine rings is 1. The summed E-state index contributed by atoms with van der Waals surface area (Å²) in [6, 6.07) is 3.87. The Balaban J connectivity index is 1.54. The molecule has 3 rings (SSSR count). The number of aliphatic hydroxyl groups excluding tert-OH is 1. The number of rotatable bonds is 6. The molecule has 0 unspecified atom stereocenters. The van der Waals surface area contributed by atoms with E-state index >= 15 is 0 Å². The summed E-state index contributed by atoms with van der Waals surface area (Å²) in [5, 5.41) is 9.04. The van der Waals surface area contributed by atoms with Crippen LogP contribution in [-0.4, -0.2) is 65.7 Å². The van der Waals surface area contributed by atoms with Gasteiger partial charge in [0.25, 0.3) is 0 Å². The predicted octanol–water partition coefficient (Wildman–Crippen LogP) is 1.68. The van der Waals surface area contributed by atoms with Gasteiger partial charge in [-0.05, 0) is 50.3 Å². The second-order valence-corrected chi connectivity index (χ2v) is 7.36. The third kappa shape index (κ3) is 4.50. The van der Waals surface area contributed by atoms with E-state index in [4.69, 9.17) is 9.84 Å². The van der Waals surface area contributed by atoms with Gasteiger partial charge in [-0.25, -0.2) is 0 Å². The second-order valence-electron chi connectivity index (χ2n) is 7.36. The summed E-state index contributed by atoms with van der Waals surface area (Å²) in [7, 11) is 1.68. The predicted molar refractivity (Wildman–Crippen MR) is 95.2 cm³/mol. The average molecular weight is 347 g/mol. The topological polar surface area (TPSA) is 65.9 Å². The molecule has 1 aromatic heterocycles. The van der Waals surface area contributed by atoms with Crippen molar-refractivity contribution in [3.05, 3.63) is 24.0 Å². The van der Waals surface area contributed by atoms with Crippen LogP contribution < -0.4 is 4.74 Å². The zero-order chi connectivity index (χ0) is 17.7. The summed E-state index contributed by atoms with van der Waals surface area (Å²) in [6.45, 7) is 4.63. The van der Waals surface area contributed by atoms with Gasteiger partial charge in [0.1, 0.15) is 5.75 Å². The van der Waals surface area contributed by atoms with Crippen LogP contribution in [0, 0.1) is 5.41 Å². The number of hydrogen-bond donors (Lipinski definition) is 1. The first-order valence-corrected chi connectivity index (χ1v) is 9.24. The summed E-state index contributed by atoms with van der Waals surface area (Å²) in [4.78, 5) is 21.0. The monoisotopic (exact) mass is 347 g/mol. The molecule has 0 atom stereocenters. The fourth-order valence-electron chi connectivity index (χ4n) is 4.06. The normalized spacial score (nSPS) is 20.9. The Morgan fingerprint density at radius 1 is 1.32 bits per heavy atom. The zero-order valence-electron chi connectivity index (χ0n) is 15.1. The maximum Gasteiger partial charge on any atom is 0.222 e. The second kappa shape index (κ2) is 8.15. The van der Waals surface area contributed by atoms with Crippen molar-refractivity contribution in [2.45, 2.75) is 38.6 Å². The minimum Gasteiger partial charge on any atom is -0.497 e. The highest BCUT2D eigenvalue weighted by Crippen LogP contribution is 2.40. The number of aliphatic hydroxyl groups is 1. The van der Waals surface area contributed by atoms with Crippen LogP contribution in [-0.2, 0) is 11.3 Å². The van der Waals surface area contributed by atoms with Crippen molar-refractivity contribution in [1.29, 1.82) is 0 Å². The quantitative estimate of drug-likeness (QED) is 0.848. The van der Waals surface area contributed by atoms with Crippen molar-refractivity contribution >= 4 is 5.91 Å². The van der Waals surface area contributed by atoms with Crippen LogP contribution in [0.3, 0.4) is 0 Å². The average Bonchev–Trinajstić information content (AvgIpc) is 2.65. The molecule has 25 heavy (non-hydrogen) atoms. The summed E-state index contributed by atoms with van der Waals surface area (Å²) in [5.74, 6) is 1.10. The molecule has 1 amide bonds. The van der Waals surface area contributed by atoms with Crippen LogP contribution in [0.2, 0.25) is 0 Å². The molecule has 2 fully saturated rings. The SMILES string of the molecule is COc1ccnc(CN2CCC3(CCC(=O)N(CCCO)C3)CC2)c1. The minimum atomic E-state index is 0.151. The van der Waals surface area contributed by atoms with Crippen LogP contribution in [0.4, 0.5) is 0 Å². The van der Waals surface area contributed by atoms with E-state index in [0.29, 0.717) is 19.4 Å². The molecule has 0 saturated carbocycles. The van der Waals surface area contributed by atoms with E-state index in [2.05, 4.69) is 9.88 Å². The number of nitrogens with zero attached hydrogens (tertiary/aromatic N) is 3. The summed E-state index contributed by atoms with van der Waals surface area (Å²) in [5.41, 5.74) is 1.31. The Morgan fingerprint density at radius 2 is 2.12 bits per heavy atom. The maximum absolute atomic E-state index is 12.1. The Morgan fingerprint density at radius 3 is 2.84 bits per heavy atom. The summed E-state index contributed by atoms with van der Waals surface area (Å²) in [6.07, 6.45) is 6.39. The fraction of sp³-hybridized carbons (Fsp3) is 0.684. The number of carbonyl (C=O) groups excluding carboxylic acids is 1. The molecule has 3 heterocycles.